The lowest BCUT2D eigenvalue weighted by atomic mass is 10.0. The number of rotatable bonds is 9. The highest BCUT2D eigenvalue weighted by Gasteiger charge is 2.24. The van der Waals surface area contributed by atoms with Gasteiger partial charge >= 0.3 is 0 Å². The highest BCUT2D eigenvalue weighted by atomic mass is 16.5. The minimum atomic E-state index is 0.224. The van der Waals surface area contributed by atoms with E-state index >= 15 is 0 Å². The van der Waals surface area contributed by atoms with Gasteiger partial charge in [0.25, 0.3) is 0 Å². The summed E-state index contributed by atoms with van der Waals surface area (Å²) in [4.78, 5) is 0. The smallest absolute Gasteiger partial charge is 0.0784 e. The van der Waals surface area contributed by atoms with Crippen molar-refractivity contribution in [2.24, 2.45) is 7.05 Å². The van der Waals surface area contributed by atoms with E-state index in [9.17, 15) is 0 Å². The topological polar surface area (TPSA) is 39.1 Å². The van der Waals surface area contributed by atoms with E-state index in [2.05, 4.69) is 37.3 Å². The molecule has 2 unspecified atom stereocenters. The fourth-order valence-electron chi connectivity index (χ4n) is 2.26. The lowest BCUT2D eigenvalue weighted by Crippen LogP contribution is -2.35. The zero-order valence-electron chi connectivity index (χ0n) is 12.1. The van der Waals surface area contributed by atoms with Gasteiger partial charge in [-0.3, -0.25) is 4.68 Å². The largest absolute Gasteiger partial charge is 0.376 e. The van der Waals surface area contributed by atoms with Gasteiger partial charge in [0.05, 0.1) is 17.8 Å². The van der Waals surface area contributed by atoms with Crippen molar-refractivity contribution in [1.82, 2.24) is 15.1 Å². The van der Waals surface area contributed by atoms with Crippen molar-refractivity contribution in [2.45, 2.75) is 52.2 Å². The first kappa shape index (κ1) is 15.2. The molecule has 1 heterocycles. The Morgan fingerprint density at radius 2 is 2.11 bits per heavy atom. The van der Waals surface area contributed by atoms with Gasteiger partial charge in [-0.15, -0.1) is 0 Å². The van der Waals surface area contributed by atoms with Crippen molar-refractivity contribution in [2.75, 3.05) is 13.2 Å². The molecule has 0 saturated carbocycles. The van der Waals surface area contributed by atoms with Gasteiger partial charge in [0.2, 0.25) is 0 Å². The van der Waals surface area contributed by atoms with Gasteiger partial charge in [0, 0.05) is 19.9 Å². The number of aromatic nitrogens is 2. The highest BCUT2D eigenvalue weighted by molar-refractivity contribution is 5.09. The van der Waals surface area contributed by atoms with Crippen molar-refractivity contribution in [3.05, 3.63) is 18.0 Å². The van der Waals surface area contributed by atoms with E-state index in [-0.39, 0.29) is 12.1 Å². The summed E-state index contributed by atoms with van der Waals surface area (Å²) in [5, 5.41) is 7.87. The molecule has 4 nitrogen and oxygen atoms in total. The molecule has 0 amide bonds. The molecule has 0 aromatic carbocycles. The molecule has 4 heteroatoms. The molecular weight excluding hydrogens is 226 g/mol. The molecule has 0 aliphatic carbocycles. The predicted octanol–water partition coefficient (Wildman–Crippen LogP) is 2.67. The number of nitrogens with zero attached hydrogens (tertiary/aromatic N) is 2. The normalized spacial score (nSPS) is 14.7. The second-order valence-corrected chi connectivity index (χ2v) is 4.59. The Hall–Kier alpha value is -0.870. The van der Waals surface area contributed by atoms with Crippen molar-refractivity contribution in [3.63, 3.8) is 0 Å². The van der Waals surface area contributed by atoms with Crippen LogP contribution in [0.2, 0.25) is 0 Å². The molecule has 0 spiro atoms. The minimum Gasteiger partial charge on any atom is -0.376 e. The van der Waals surface area contributed by atoms with Gasteiger partial charge in [-0.05, 0) is 32.4 Å². The van der Waals surface area contributed by atoms with Crippen molar-refractivity contribution in [3.8, 4) is 0 Å². The van der Waals surface area contributed by atoms with Gasteiger partial charge in [-0.25, -0.2) is 0 Å². The summed E-state index contributed by atoms with van der Waals surface area (Å²) in [5.41, 5.74) is 1.20. The third-order valence-electron chi connectivity index (χ3n) is 3.12. The highest BCUT2D eigenvalue weighted by Crippen LogP contribution is 2.22. The van der Waals surface area contributed by atoms with Gasteiger partial charge in [0.1, 0.15) is 0 Å². The van der Waals surface area contributed by atoms with Crippen LogP contribution in [0, 0.1) is 0 Å². The summed E-state index contributed by atoms with van der Waals surface area (Å²) in [6.45, 7) is 8.20. The summed E-state index contributed by atoms with van der Waals surface area (Å²) < 4.78 is 7.86. The molecule has 0 aliphatic heterocycles. The van der Waals surface area contributed by atoms with Crippen LogP contribution in [0.3, 0.4) is 0 Å². The molecule has 0 bridgehead atoms. The van der Waals surface area contributed by atoms with Crippen LogP contribution in [-0.4, -0.2) is 29.0 Å². The molecule has 1 aromatic rings. The third kappa shape index (κ3) is 4.10. The Labute approximate surface area is 111 Å². The van der Waals surface area contributed by atoms with Crippen LogP contribution in [0.15, 0.2) is 12.3 Å². The Morgan fingerprint density at radius 3 is 2.61 bits per heavy atom. The molecule has 1 aromatic heterocycles. The molecule has 0 radical (unpaired) electrons. The fraction of sp³-hybridized carbons (Fsp3) is 0.786. The van der Waals surface area contributed by atoms with Crippen LogP contribution >= 0.6 is 0 Å². The molecule has 18 heavy (non-hydrogen) atoms. The summed E-state index contributed by atoms with van der Waals surface area (Å²) in [6, 6.07) is 2.31. The van der Waals surface area contributed by atoms with Crippen molar-refractivity contribution < 1.29 is 4.74 Å². The maximum Gasteiger partial charge on any atom is 0.0784 e. The fourth-order valence-corrected chi connectivity index (χ4v) is 2.26. The molecule has 1 rings (SSSR count). The van der Waals surface area contributed by atoms with Crippen LogP contribution in [0.4, 0.5) is 0 Å². The molecule has 104 valence electrons. The number of hydrogen-bond donors (Lipinski definition) is 1. The van der Waals surface area contributed by atoms with Crippen LogP contribution in [0.1, 0.15) is 51.8 Å². The monoisotopic (exact) mass is 253 g/mol. The van der Waals surface area contributed by atoms with Gasteiger partial charge < -0.3 is 10.1 Å². The van der Waals surface area contributed by atoms with E-state index in [1.807, 2.05) is 17.9 Å². The summed E-state index contributed by atoms with van der Waals surface area (Å²) in [6.07, 6.45) is 5.40. The number of nitrogens with one attached hydrogen (secondary N) is 1. The van der Waals surface area contributed by atoms with Crippen LogP contribution < -0.4 is 5.32 Å². The Balaban J connectivity index is 2.84. The zero-order chi connectivity index (χ0) is 13.4. The van der Waals surface area contributed by atoms with Crippen molar-refractivity contribution >= 4 is 0 Å². The second-order valence-electron chi connectivity index (χ2n) is 4.59. The lowest BCUT2D eigenvalue weighted by molar-refractivity contribution is 0.0256. The number of ether oxygens (including phenoxy) is 1. The van der Waals surface area contributed by atoms with E-state index in [0.717, 1.165) is 32.4 Å². The molecule has 0 aliphatic rings. The summed E-state index contributed by atoms with van der Waals surface area (Å²) >= 11 is 0. The Bertz CT molecular complexity index is 319. The predicted molar refractivity (Wildman–Crippen MR) is 74.6 cm³/mol. The van der Waals surface area contributed by atoms with Crippen LogP contribution in [-0.2, 0) is 11.8 Å². The minimum absolute atomic E-state index is 0.224. The van der Waals surface area contributed by atoms with E-state index in [0.29, 0.717) is 0 Å². The average molecular weight is 253 g/mol. The molecule has 0 saturated heterocycles. The molecular formula is C14H27N3O. The van der Waals surface area contributed by atoms with Gasteiger partial charge in [-0.1, -0.05) is 20.3 Å². The molecule has 1 N–H and O–H groups in total. The Morgan fingerprint density at radius 1 is 1.33 bits per heavy atom. The molecule has 0 fully saturated rings. The van der Waals surface area contributed by atoms with E-state index in [1.165, 1.54) is 5.69 Å². The summed E-state index contributed by atoms with van der Waals surface area (Å²) in [7, 11) is 1.99. The van der Waals surface area contributed by atoms with Gasteiger partial charge in [-0.2, -0.15) is 5.10 Å². The third-order valence-corrected chi connectivity index (χ3v) is 3.12. The van der Waals surface area contributed by atoms with E-state index in [1.54, 1.807) is 0 Å². The van der Waals surface area contributed by atoms with E-state index < -0.39 is 0 Å². The first-order valence-electron chi connectivity index (χ1n) is 7.07. The quantitative estimate of drug-likeness (QED) is 0.735. The first-order valence-corrected chi connectivity index (χ1v) is 7.07. The van der Waals surface area contributed by atoms with Gasteiger partial charge in [0.15, 0.2) is 0 Å². The maximum absolute atomic E-state index is 5.92. The zero-order valence-corrected chi connectivity index (χ0v) is 12.1. The van der Waals surface area contributed by atoms with Crippen LogP contribution in [0.25, 0.3) is 0 Å². The SMILES string of the molecule is CCCNC(c1ccnn1C)C(CCC)OCC. The molecule has 2 atom stereocenters. The number of hydrogen-bond acceptors (Lipinski definition) is 3. The van der Waals surface area contributed by atoms with E-state index in [4.69, 9.17) is 4.74 Å². The summed E-state index contributed by atoms with van der Waals surface area (Å²) in [5.74, 6) is 0. The average Bonchev–Trinajstić information content (AvgIpc) is 2.77. The second kappa shape index (κ2) is 8.27. The number of aryl methyl sites for hydroxylation is 1. The Kier molecular flexibility index (Phi) is 6.98. The first-order chi connectivity index (χ1) is 8.74. The van der Waals surface area contributed by atoms with Crippen molar-refractivity contribution in [1.29, 1.82) is 0 Å². The standard InChI is InChI=1S/C14H27N3O/c1-5-8-13(18-7-3)14(15-10-6-2)12-9-11-16-17(12)4/h9,11,13-15H,5-8,10H2,1-4H3. The van der Waals surface area contributed by atoms with Crippen LogP contribution in [0.5, 0.6) is 0 Å². The lowest BCUT2D eigenvalue weighted by Gasteiger charge is -2.28. The maximum atomic E-state index is 5.92.